The summed E-state index contributed by atoms with van der Waals surface area (Å²) in [7, 11) is -0.789. The summed E-state index contributed by atoms with van der Waals surface area (Å²) < 4.78 is 5.04. The molecule has 0 aliphatic rings. The van der Waals surface area contributed by atoms with Crippen LogP contribution in [0.1, 0.15) is 0 Å². The second kappa shape index (κ2) is 3.90. The minimum absolute atomic E-state index is 0.789. The van der Waals surface area contributed by atoms with Gasteiger partial charge in [-0.15, -0.1) is 0 Å². The van der Waals surface area contributed by atoms with E-state index in [2.05, 4.69) is 19.6 Å². The van der Waals surface area contributed by atoms with E-state index in [0.29, 0.717) is 0 Å². The first-order chi connectivity index (χ1) is 3.56. The van der Waals surface area contributed by atoms with E-state index in [1.165, 1.54) is 29.0 Å². The maximum atomic E-state index is 5.04. The molecule has 0 spiro atoms. The minimum atomic E-state index is -0.789. The SMILES string of the molecule is C[Si](C)(C)CC[O][Sn]. The molecule has 0 N–H and O–H groups in total. The van der Waals surface area contributed by atoms with Crippen molar-refractivity contribution in [2.45, 2.75) is 25.7 Å². The van der Waals surface area contributed by atoms with Crippen LogP contribution in [0.2, 0.25) is 25.7 Å². The molecule has 0 aromatic heterocycles. The Hall–Kier alpha value is 0.976. The van der Waals surface area contributed by atoms with Gasteiger partial charge in [0.1, 0.15) is 0 Å². The Labute approximate surface area is 66.5 Å². The summed E-state index contributed by atoms with van der Waals surface area (Å²) in [6.45, 7) is 8.07. The van der Waals surface area contributed by atoms with Gasteiger partial charge in [0.2, 0.25) is 0 Å². The quantitative estimate of drug-likeness (QED) is 0.673. The van der Waals surface area contributed by atoms with Gasteiger partial charge < -0.3 is 0 Å². The molecule has 3 heteroatoms. The van der Waals surface area contributed by atoms with E-state index in [4.69, 9.17) is 3.07 Å². The van der Waals surface area contributed by atoms with Gasteiger partial charge in [-0.2, -0.15) is 0 Å². The number of hydrogen-bond donors (Lipinski definition) is 0. The molecule has 0 fully saturated rings. The predicted octanol–water partition coefficient (Wildman–Crippen LogP) is 1.42. The third kappa shape index (κ3) is 6.98. The van der Waals surface area contributed by atoms with E-state index in [-0.39, 0.29) is 0 Å². The molecule has 0 aliphatic carbocycles. The summed E-state index contributed by atoms with van der Waals surface area (Å²) in [5, 5.41) is 0. The number of rotatable bonds is 3. The molecular weight excluding hydrogens is 223 g/mol. The van der Waals surface area contributed by atoms with Crippen LogP contribution < -0.4 is 0 Å². The maximum absolute atomic E-state index is 5.04. The van der Waals surface area contributed by atoms with Crippen molar-refractivity contribution in [1.29, 1.82) is 0 Å². The van der Waals surface area contributed by atoms with Crippen LogP contribution in [0.3, 0.4) is 0 Å². The van der Waals surface area contributed by atoms with E-state index in [9.17, 15) is 0 Å². The van der Waals surface area contributed by atoms with Gasteiger partial charge in [0.05, 0.1) is 0 Å². The molecule has 0 amide bonds. The summed E-state index contributed by atoms with van der Waals surface area (Å²) >= 11 is 1.21. The molecule has 0 heterocycles. The average Bonchev–Trinajstić information content (AvgIpc) is 1.59. The summed E-state index contributed by atoms with van der Waals surface area (Å²) in [6.07, 6.45) is 0. The molecule has 0 saturated heterocycles. The van der Waals surface area contributed by atoms with E-state index < -0.39 is 8.07 Å². The van der Waals surface area contributed by atoms with E-state index in [0.717, 1.165) is 6.61 Å². The first kappa shape index (κ1) is 8.98. The van der Waals surface area contributed by atoms with Crippen LogP contribution in [0.4, 0.5) is 0 Å². The summed E-state index contributed by atoms with van der Waals surface area (Å²) in [4.78, 5) is 0. The Bertz CT molecular complexity index is 59.9. The second-order valence-electron chi connectivity index (χ2n) is 3.16. The van der Waals surface area contributed by atoms with Crippen molar-refractivity contribution in [2.24, 2.45) is 0 Å². The topological polar surface area (TPSA) is 9.23 Å². The summed E-state index contributed by atoms with van der Waals surface area (Å²) in [5.74, 6) is 0. The zero-order valence-corrected chi connectivity index (χ0v) is 9.68. The molecule has 0 atom stereocenters. The van der Waals surface area contributed by atoms with Crippen molar-refractivity contribution < 1.29 is 3.07 Å². The normalized spacial score (nSPS) is 12.0. The summed E-state index contributed by atoms with van der Waals surface area (Å²) in [6, 6.07) is 1.30. The van der Waals surface area contributed by atoms with Gasteiger partial charge in [-0.25, -0.2) is 0 Å². The van der Waals surface area contributed by atoms with Crippen molar-refractivity contribution in [3.05, 3.63) is 0 Å². The Kier molecular flexibility index (Phi) is 4.38. The van der Waals surface area contributed by atoms with Crippen molar-refractivity contribution in [2.75, 3.05) is 6.61 Å². The molecule has 1 nitrogen and oxygen atoms in total. The monoisotopic (exact) mass is 237 g/mol. The molecule has 0 unspecified atom stereocenters. The molecule has 8 heavy (non-hydrogen) atoms. The standard InChI is InChI=1S/C5H13OSi.Sn/c1-7(2,3)5-4-6;/h4-5H2,1-3H3;/q-1;+1. The van der Waals surface area contributed by atoms with Gasteiger partial charge >= 0.3 is 66.4 Å². The Morgan fingerprint density at radius 2 is 1.88 bits per heavy atom. The van der Waals surface area contributed by atoms with Crippen LogP contribution in [0.25, 0.3) is 0 Å². The van der Waals surface area contributed by atoms with Gasteiger partial charge in [0, 0.05) is 0 Å². The molecule has 0 aromatic rings. The van der Waals surface area contributed by atoms with Gasteiger partial charge in [-0.05, 0) is 0 Å². The van der Waals surface area contributed by atoms with E-state index >= 15 is 0 Å². The molecule has 0 rings (SSSR count). The van der Waals surface area contributed by atoms with E-state index in [1.54, 1.807) is 0 Å². The fourth-order valence-corrected chi connectivity index (χ4v) is 1.95. The molecule has 0 aromatic carbocycles. The van der Waals surface area contributed by atoms with Crippen molar-refractivity contribution in [1.82, 2.24) is 0 Å². The van der Waals surface area contributed by atoms with Gasteiger partial charge in [0.15, 0.2) is 0 Å². The third-order valence-corrected chi connectivity index (χ3v) is 3.24. The second-order valence-corrected chi connectivity index (χ2v) is 9.60. The van der Waals surface area contributed by atoms with Crippen molar-refractivity contribution in [3.63, 3.8) is 0 Å². The molecule has 47 valence electrons. The third-order valence-electron chi connectivity index (χ3n) is 0.954. The Balaban J connectivity index is 3.11. The zero-order chi connectivity index (χ0) is 6.62. The Morgan fingerprint density at radius 3 is 2.00 bits per heavy atom. The summed E-state index contributed by atoms with van der Waals surface area (Å²) in [5.41, 5.74) is 0. The fraction of sp³-hybridized carbons (Fsp3) is 1.00. The van der Waals surface area contributed by atoms with Crippen LogP contribution >= 0.6 is 0 Å². The molecule has 0 bridgehead atoms. The van der Waals surface area contributed by atoms with Gasteiger partial charge in [-0.1, -0.05) is 0 Å². The van der Waals surface area contributed by atoms with E-state index in [1.807, 2.05) is 0 Å². The van der Waals surface area contributed by atoms with Crippen LogP contribution in [0, 0.1) is 0 Å². The molecule has 0 aliphatic heterocycles. The van der Waals surface area contributed by atoms with Crippen molar-refractivity contribution in [3.8, 4) is 0 Å². The molecule has 3 radical (unpaired) electrons. The van der Waals surface area contributed by atoms with Crippen LogP contribution in [0.5, 0.6) is 0 Å². The van der Waals surface area contributed by atoms with Crippen molar-refractivity contribution >= 4 is 31.0 Å². The first-order valence-corrected chi connectivity index (χ1v) is 7.72. The Morgan fingerprint density at radius 1 is 1.38 bits per heavy atom. The molecule has 0 saturated carbocycles. The van der Waals surface area contributed by atoms with Crippen LogP contribution in [0.15, 0.2) is 0 Å². The molecular formula is C5H13OSiSn. The van der Waals surface area contributed by atoms with Crippen LogP contribution in [-0.2, 0) is 3.07 Å². The fourth-order valence-electron chi connectivity index (χ4n) is 0.357. The first-order valence-electron chi connectivity index (χ1n) is 2.85. The average molecular weight is 236 g/mol. The van der Waals surface area contributed by atoms with Crippen LogP contribution in [-0.4, -0.2) is 37.6 Å². The predicted molar refractivity (Wildman–Crippen MR) is 39.9 cm³/mol. The van der Waals surface area contributed by atoms with Gasteiger partial charge in [0.25, 0.3) is 0 Å². The zero-order valence-electron chi connectivity index (χ0n) is 5.82. The number of hydrogen-bond acceptors (Lipinski definition) is 1. The van der Waals surface area contributed by atoms with Gasteiger partial charge in [-0.3, -0.25) is 0 Å².